The van der Waals surface area contributed by atoms with Crippen LogP contribution in [0.4, 0.5) is 11.5 Å². The minimum absolute atomic E-state index is 0.169. The number of carboxylic acid groups (broad SMARTS) is 1. The van der Waals surface area contributed by atoms with Crippen LogP contribution in [0.5, 0.6) is 0 Å². The van der Waals surface area contributed by atoms with Crippen molar-refractivity contribution in [2.45, 2.75) is 0 Å². The number of aromatic carboxylic acids is 1. The largest absolute Gasteiger partial charge is 0.478 e. The highest BCUT2D eigenvalue weighted by Crippen LogP contribution is 2.21. The predicted molar refractivity (Wildman–Crippen MR) is 92.4 cm³/mol. The molecule has 3 rings (SSSR count). The van der Waals surface area contributed by atoms with Crippen molar-refractivity contribution >= 4 is 23.4 Å². The SMILES string of the molecule is O=C(O)c1ccc([N+](=O)[O-])cc1C(=O)N1CCN(c2ccccn2)CC1. The second kappa shape index (κ2) is 7.18. The van der Waals surface area contributed by atoms with E-state index in [4.69, 9.17) is 0 Å². The van der Waals surface area contributed by atoms with Crippen LogP contribution in [0.15, 0.2) is 42.6 Å². The Balaban J connectivity index is 1.79. The molecule has 26 heavy (non-hydrogen) atoms. The third-order valence-corrected chi connectivity index (χ3v) is 4.21. The third kappa shape index (κ3) is 3.46. The molecule has 2 heterocycles. The lowest BCUT2D eigenvalue weighted by atomic mass is 10.0. The fraction of sp³-hybridized carbons (Fsp3) is 0.235. The Morgan fingerprint density at radius 1 is 1.08 bits per heavy atom. The maximum Gasteiger partial charge on any atom is 0.336 e. The summed E-state index contributed by atoms with van der Waals surface area (Å²) in [6, 6.07) is 8.77. The van der Waals surface area contributed by atoms with Crippen molar-refractivity contribution in [3.05, 3.63) is 63.8 Å². The molecule has 134 valence electrons. The van der Waals surface area contributed by atoms with Crippen LogP contribution in [0.3, 0.4) is 0 Å². The zero-order valence-electron chi connectivity index (χ0n) is 13.7. The molecule has 1 fully saturated rings. The molecular formula is C17H16N4O5. The number of amides is 1. The smallest absolute Gasteiger partial charge is 0.336 e. The molecule has 0 bridgehead atoms. The van der Waals surface area contributed by atoms with Gasteiger partial charge in [-0.2, -0.15) is 0 Å². The summed E-state index contributed by atoms with van der Waals surface area (Å²) in [5.41, 5.74) is -0.726. The molecule has 1 N–H and O–H groups in total. The van der Waals surface area contributed by atoms with Gasteiger partial charge in [-0.1, -0.05) is 6.07 Å². The molecule has 0 aliphatic carbocycles. The molecule has 0 atom stereocenters. The summed E-state index contributed by atoms with van der Waals surface area (Å²) >= 11 is 0. The highest BCUT2D eigenvalue weighted by Gasteiger charge is 2.27. The van der Waals surface area contributed by atoms with Crippen LogP contribution in [0.2, 0.25) is 0 Å². The number of anilines is 1. The quantitative estimate of drug-likeness (QED) is 0.654. The summed E-state index contributed by atoms with van der Waals surface area (Å²) < 4.78 is 0. The third-order valence-electron chi connectivity index (χ3n) is 4.21. The lowest BCUT2D eigenvalue weighted by molar-refractivity contribution is -0.384. The van der Waals surface area contributed by atoms with Crippen LogP contribution in [-0.4, -0.2) is 58.0 Å². The number of rotatable bonds is 4. The monoisotopic (exact) mass is 356 g/mol. The van der Waals surface area contributed by atoms with E-state index in [1.807, 2.05) is 23.1 Å². The Kier molecular flexibility index (Phi) is 4.78. The highest BCUT2D eigenvalue weighted by molar-refractivity contribution is 6.05. The van der Waals surface area contributed by atoms with E-state index in [0.717, 1.165) is 24.0 Å². The number of benzene rings is 1. The van der Waals surface area contributed by atoms with Crippen molar-refractivity contribution in [3.63, 3.8) is 0 Å². The van der Waals surface area contributed by atoms with E-state index in [0.29, 0.717) is 26.2 Å². The lowest BCUT2D eigenvalue weighted by Crippen LogP contribution is -2.49. The molecule has 9 heteroatoms. The molecule has 1 aromatic carbocycles. The number of nitrogens with zero attached hydrogens (tertiary/aromatic N) is 4. The fourth-order valence-corrected chi connectivity index (χ4v) is 2.86. The van der Waals surface area contributed by atoms with Crippen LogP contribution in [0, 0.1) is 10.1 Å². The average molecular weight is 356 g/mol. The van der Waals surface area contributed by atoms with E-state index in [-0.39, 0.29) is 16.8 Å². The normalized spacial score (nSPS) is 14.2. The summed E-state index contributed by atoms with van der Waals surface area (Å²) in [5.74, 6) is -1.01. The van der Waals surface area contributed by atoms with E-state index < -0.39 is 16.8 Å². The molecule has 1 saturated heterocycles. The van der Waals surface area contributed by atoms with Crippen molar-refractivity contribution < 1.29 is 19.6 Å². The van der Waals surface area contributed by atoms with Gasteiger partial charge < -0.3 is 14.9 Å². The number of piperazine rings is 1. The van der Waals surface area contributed by atoms with Crippen LogP contribution in [-0.2, 0) is 0 Å². The number of hydrogen-bond donors (Lipinski definition) is 1. The Bertz CT molecular complexity index is 847. The van der Waals surface area contributed by atoms with Gasteiger partial charge in [0.2, 0.25) is 0 Å². The van der Waals surface area contributed by atoms with Crippen molar-refractivity contribution in [3.8, 4) is 0 Å². The Hall–Kier alpha value is -3.49. The molecule has 0 radical (unpaired) electrons. The molecule has 0 saturated carbocycles. The van der Waals surface area contributed by atoms with Gasteiger partial charge in [0.05, 0.1) is 16.1 Å². The van der Waals surface area contributed by atoms with Gasteiger partial charge in [0.25, 0.3) is 11.6 Å². The lowest BCUT2D eigenvalue weighted by Gasteiger charge is -2.35. The molecule has 0 unspecified atom stereocenters. The van der Waals surface area contributed by atoms with Gasteiger partial charge in [-0.3, -0.25) is 14.9 Å². The van der Waals surface area contributed by atoms with E-state index in [2.05, 4.69) is 4.98 Å². The van der Waals surface area contributed by atoms with Gasteiger partial charge in [0.1, 0.15) is 5.82 Å². The second-order valence-corrected chi connectivity index (χ2v) is 5.76. The van der Waals surface area contributed by atoms with Crippen LogP contribution < -0.4 is 4.90 Å². The summed E-state index contributed by atoms with van der Waals surface area (Å²) in [5, 5.41) is 20.2. The number of carbonyl (C=O) groups is 2. The van der Waals surface area contributed by atoms with E-state index in [9.17, 15) is 24.8 Å². The Morgan fingerprint density at radius 2 is 1.81 bits per heavy atom. The van der Waals surface area contributed by atoms with Crippen LogP contribution in [0.25, 0.3) is 0 Å². The zero-order chi connectivity index (χ0) is 18.7. The number of carbonyl (C=O) groups excluding carboxylic acids is 1. The first-order valence-corrected chi connectivity index (χ1v) is 7.94. The molecule has 9 nitrogen and oxygen atoms in total. The number of nitro groups is 1. The second-order valence-electron chi connectivity index (χ2n) is 5.76. The fourth-order valence-electron chi connectivity index (χ4n) is 2.86. The standard InChI is InChI=1S/C17H16N4O5/c22-16(14-11-12(21(25)26)4-5-13(14)17(23)24)20-9-7-19(8-10-20)15-3-1-2-6-18-15/h1-6,11H,7-10H2,(H,23,24). The minimum atomic E-state index is -1.30. The molecule has 0 spiro atoms. The highest BCUT2D eigenvalue weighted by atomic mass is 16.6. The topological polar surface area (TPSA) is 117 Å². The Morgan fingerprint density at radius 3 is 2.38 bits per heavy atom. The van der Waals surface area contributed by atoms with E-state index in [1.54, 1.807) is 6.20 Å². The van der Waals surface area contributed by atoms with Gasteiger partial charge in [-0.05, 0) is 18.2 Å². The summed E-state index contributed by atoms with van der Waals surface area (Å²) in [6.07, 6.45) is 1.69. The van der Waals surface area contributed by atoms with E-state index >= 15 is 0 Å². The maximum absolute atomic E-state index is 12.7. The van der Waals surface area contributed by atoms with Gasteiger partial charge in [-0.15, -0.1) is 0 Å². The molecule has 1 amide bonds. The predicted octanol–water partition coefficient (Wildman–Crippen LogP) is 1.65. The molecule has 2 aromatic rings. The number of nitro benzene ring substituents is 1. The first kappa shape index (κ1) is 17.3. The van der Waals surface area contributed by atoms with Crippen LogP contribution in [0.1, 0.15) is 20.7 Å². The molecule has 1 aliphatic rings. The number of hydrogen-bond acceptors (Lipinski definition) is 6. The zero-order valence-corrected chi connectivity index (χ0v) is 13.7. The van der Waals surface area contributed by atoms with Crippen molar-refractivity contribution in [1.29, 1.82) is 0 Å². The summed E-state index contributed by atoms with van der Waals surface area (Å²) in [4.78, 5) is 42.2. The summed E-state index contributed by atoms with van der Waals surface area (Å²) in [7, 11) is 0. The molecule has 1 aliphatic heterocycles. The van der Waals surface area contributed by atoms with Crippen molar-refractivity contribution in [2.75, 3.05) is 31.1 Å². The van der Waals surface area contributed by atoms with Crippen molar-refractivity contribution in [2.24, 2.45) is 0 Å². The number of pyridine rings is 1. The number of aromatic nitrogens is 1. The van der Waals surface area contributed by atoms with Gasteiger partial charge in [-0.25, -0.2) is 9.78 Å². The molecular weight excluding hydrogens is 340 g/mol. The number of non-ortho nitro benzene ring substituents is 1. The van der Waals surface area contributed by atoms with E-state index in [1.165, 1.54) is 4.90 Å². The van der Waals surface area contributed by atoms with Gasteiger partial charge >= 0.3 is 5.97 Å². The Labute approximate surface area is 148 Å². The maximum atomic E-state index is 12.7. The summed E-state index contributed by atoms with van der Waals surface area (Å²) in [6.45, 7) is 1.83. The van der Waals surface area contributed by atoms with Gasteiger partial charge in [0.15, 0.2) is 0 Å². The average Bonchev–Trinajstić information content (AvgIpc) is 2.67. The van der Waals surface area contributed by atoms with Crippen molar-refractivity contribution in [1.82, 2.24) is 9.88 Å². The molecule has 1 aromatic heterocycles. The minimum Gasteiger partial charge on any atom is -0.478 e. The first-order chi connectivity index (χ1) is 12.5. The number of carboxylic acids is 1. The first-order valence-electron chi connectivity index (χ1n) is 7.94. The van der Waals surface area contributed by atoms with Crippen LogP contribution >= 0.6 is 0 Å². The van der Waals surface area contributed by atoms with Gasteiger partial charge in [0, 0.05) is 44.5 Å².